The van der Waals surface area contributed by atoms with E-state index in [0.29, 0.717) is 17.1 Å². The molecule has 0 fully saturated rings. The van der Waals surface area contributed by atoms with Gasteiger partial charge in [0.2, 0.25) is 0 Å². The molecule has 0 amide bonds. The molecule has 106 valence electrons. The maximum absolute atomic E-state index is 12.8. The van der Waals surface area contributed by atoms with Crippen molar-refractivity contribution >= 4 is 11.6 Å². The van der Waals surface area contributed by atoms with Crippen LogP contribution >= 0.6 is 11.6 Å². The maximum Gasteiger partial charge on any atom is 0.279 e. The molecular formula is C17H15ClN2O. The summed E-state index contributed by atoms with van der Waals surface area (Å²) in [6.45, 7) is 2.71. The van der Waals surface area contributed by atoms with Crippen LogP contribution in [0.2, 0.25) is 5.02 Å². The fraction of sp³-hybridized carbons (Fsp3) is 0.118. The second kappa shape index (κ2) is 5.62. The summed E-state index contributed by atoms with van der Waals surface area (Å²) in [5.74, 6) is 0. The first-order valence-electron chi connectivity index (χ1n) is 6.84. The molecule has 1 heterocycles. The van der Waals surface area contributed by atoms with Crippen LogP contribution < -0.4 is 5.56 Å². The van der Waals surface area contributed by atoms with Crippen LogP contribution in [0.3, 0.4) is 0 Å². The van der Waals surface area contributed by atoms with E-state index in [1.165, 1.54) is 0 Å². The molecule has 2 aromatic carbocycles. The number of halogens is 1. The number of aryl methyl sites for hydroxylation is 1. The summed E-state index contributed by atoms with van der Waals surface area (Å²) in [5, 5.41) is 0.615. The fourth-order valence-corrected chi connectivity index (χ4v) is 2.60. The van der Waals surface area contributed by atoms with E-state index in [1.54, 1.807) is 16.8 Å². The Hall–Kier alpha value is -2.26. The van der Waals surface area contributed by atoms with Gasteiger partial charge < -0.3 is 0 Å². The summed E-state index contributed by atoms with van der Waals surface area (Å²) in [6.07, 6.45) is 1.89. The van der Waals surface area contributed by atoms with Crippen LogP contribution in [0.4, 0.5) is 0 Å². The summed E-state index contributed by atoms with van der Waals surface area (Å²) in [6, 6.07) is 17.0. The molecular weight excluding hydrogens is 284 g/mol. The van der Waals surface area contributed by atoms with Crippen molar-refractivity contribution < 1.29 is 0 Å². The van der Waals surface area contributed by atoms with E-state index in [2.05, 4.69) is 0 Å². The molecule has 0 atom stereocenters. The lowest BCUT2D eigenvalue weighted by atomic mass is 10.1. The largest absolute Gasteiger partial charge is 0.285 e. The average Bonchev–Trinajstić information content (AvgIpc) is 2.85. The zero-order valence-corrected chi connectivity index (χ0v) is 12.4. The molecule has 3 nitrogen and oxygen atoms in total. The first-order valence-corrected chi connectivity index (χ1v) is 7.22. The van der Waals surface area contributed by atoms with Crippen LogP contribution in [-0.2, 0) is 6.54 Å². The third kappa shape index (κ3) is 2.52. The van der Waals surface area contributed by atoms with Gasteiger partial charge in [-0.15, -0.1) is 0 Å². The molecule has 0 radical (unpaired) electrons. The van der Waals surface area contributed by atoms with Crippen molar-refractivity contribution in [3.05, 3.63) is 76.2 Å². The molecule has 0 saturated heterocycles. The minimum atomic E-state index is -0.0367. The Bertz CT molecular complexity index is 818. The van der Waals surface area contributed by atoms with Gasteiger partial charge in [-0.25, -0.2) is 4.68 Å². The first kappa shape index (κ1) is 13.7. The zero-order chi connectivity index (χ0) is 14.8. The first-order chi connectivity index (χ1) is 10.2. The fourth-order valence-electron chi connectivity index (χ4n) is 2.41. The van der Waals surface area contributed by atoms with Crippen LogP contribution in [0.25, 0.3) is 16.8 Å². The monoisotopic (exact) mass is 298 g/mol. The Balaban J connectivity index is 2.23. The van der Waals surface area contributed by atoms with Crippen molar-refractivity contribution in [1.82, 2.24) is 9.36 Å². The van der Waals surface area contributed by atoms with E-state index in [0.717, 1.165) is 11.3 Å². The van der Waals surface area contributed by atoms with Crippen LogP contribution in [0, 0.1) is 0 Å². The lowest BCUT2D eigenvalue weighted by Crippen LogP contribution is -2.21. The molecule has 3 rings (SSSR count). The summed E-state index contributed by atoms with van der Waals surface area (Å²) in [7, 11) is 0. The van der Waals surface area contributed by atoms with E-state index in [9.17, 15) is 4.79 Å². The van der Waals surface area contributed by atoms with Gasteiger partial charge in [0.15, 0.2) is 0 Å². The highest BCUT2D eigenvalue weighted by atomic mass is 35.5. The number of nitrogens with zero attached hydrogens (tertiary/aromatic N) is 2. The molecule has 0 bridgehead atoms. The maximum atomic E-state index is 12.8. The van der Waals surface area contributed by atoms with Gasteiger partial charge in [0.1, 0.15) is 0 Å². The van der Waals surface area contributed by atoms with Gasteiger partial charge in [0, 0.05) is 17.8 Å². The van der Waals surface area contributed by atoms with Crippen molar-refractivity contribution in [2.45, 2.75) is 13.5 Å². The Morgan fingerprint density at radius 3 is 2.48 bits per heavy atom. The Morgan fingerprint density at radius 2 is 1.81 bits per heavy atom. The van der Waals surface area contributed by atoms with E-state index in [4.69, 9.17) is 11.6 Å². The van der Waals surface area contributed by atoms with Gasteiger partial charge in [-0.1, -0.05) is 48.0 Å². The SMILES string of the molecule is CCn1cc(-c2ccccc2)c(=O)n1-c1cccc(Cl)c1. The Kier molecular flexibility index (Phi) is 3.67. The van der Waals surface area contributed by atoms with E-state index in [-0.39, 0.29) is 5.56 Å². The predicted octanol–water partition coefficient (Wildman–Crippen LogP) is 3.98. The molecule has 0 aliphatic heterocycles. The minimum absolute atomic E-state index is 0.0367. The highest BCUT2D eigenvalue weighted by Crippen LogP contribution is 2.19. The van der Waals surface area contributed by atoms with Crippen molar-refractivity contribution in [3.63, 3.8) is 0 Å². The molecule has 4 heteroatoms. The third-order valence-corrected chi connectivity index (χ3v) is 3.65. The molecule has 0 aliphatic rings. The van der Waals surface area contributed by atoms with Gasteiger partial charge >= 0.3 is 0 Å². The molecule has 0 unspecified atom stereocenters. The van der Waals surface area contributed by atoms with Gasteiger partial charge in [-0.2, -0.15) is 0 Å². The average molecular weight is 299 g/mol. The molecule has 21 heavy (non-hydrogen) atoms. The van der Waals surface area contributed by atoms with Gasteiger partial charge in [0.25, 0.3) is 5.56 Å². The standard InChI is InChI=1S/C17H15ClN2O/c1-2-19-12-16(13-7-4-3-5-8-13)17(21)20(19)15-10-6-9-14(18)11-15/h3-12H,2H2,1H3. The molecule has 3 aromatic rings. The number of hydrogen-bond acceptors (Lipinski definition) is 1. The second-order valence-electron chi connectivity index (χ2n) is 4.76. The van der Waals surface area contributed by atoms with Crippen LogP contribution in [0.15, 0.2) is 65.6 Å². The van der Waals surface area contributed by atoms with Crippen molar-refractivity contribution in [1.29, 1.82) is 0 Å². The second-order valence-corrected chi connectivity index (χ2v) is 5.20. The summed E-state index contributed by atoms with van der Waals surface area (Å²) in [5.41, 5.74) is 2.35. The number of benzene rings is 2. The smallest absolute Gasteiger partial charge is 0.279 e. The van der Waals surface area contributed by atoms with Crippen LogP contribution in [0.1, 0.15) is 6.92 Å². The molecule has 0 spiro atoms. The summed E-state index contributed by atoms with van der Waals surface area (Å²) in [4.78, 5) is 12.8. The predicted molar refractivity (Wildman–Crippen MR) is 86.1 cm³/mol. The zero-order valence-electron chi connectivity index (χ0n) is 11.7. The van der Waals surface area contributed by atoms with Crippen LogP contribution in [0.5, 0.6) is 0 Å². The van der Waals surface area contributed by atoms with Gasteiger partial charge in [-0.05, 0) is 30.7 Å². The quantitative estimate of drug-likeness (QED) is 0.718. The summed E-state index contributed by atoms with van der Waals surface area (Å²) >= 11 is 6.04. The molecule has 0 N–H and O–H groups in total. The van der Waals surface area contributed by atoms with E-state index >= 15 is 0 Å². The van der Waals surface area contributed by atoms with Crippen molar-refractivity contribution in [2.75, 3.05) is 0 Å². The molecule has 1 aromatic heterocycles. The van der Waals surface area contributed by atoms with Gasteiger partial charge in [0.05, 0.1) is 11.3 Å². The number of rotatable bonds is 3. The third-order valence-electron chi connectivity index (χ3n) is 3.42. The highest BCUT2D eigenvalue weighted by Gasteiger charge is 2.13. The topological polar surface area (TPSA) is 26.9 Å². The highest BCUT2D eigenvalue weighted by molar-refractivity contribution is 6.30. The Labute approximate surface area is 128 Å². The lowest BCUT2D eigenvalue weighted by molar-refractivity contribution is 0.574. The van der Waals surface area contributed by atoms with E-state index in [1.807, 2.05) is 60.3 Å². The normalized spacial score (nSPS) is 10.8. The lowest BCUT2D eigenvalue weighted by Gasteiger charge is -2.09. The number of aromatic nitrogens is 2. The van der Waals surface area contributed by atoms with E-state index < -0.39 is 0 Å². The summed E-state index contributed by atoms with van der Waals surface area (Å²) < 4.78 is 3.56. The molecule has 0 saturated carbocycles. The van der Waals surface area contributed by atoms with Gasteiger partial charge in [-0.3, -0.25) is 9.48 Å². The number of hydrogen-bond donors (Lipinski definition) is 0. The van der Waals surface area contributed by atoms with Crippen LogP contribution in [-0.4, -0.2) is 9.36 Å². The van der Waals surface area contributed by atoms with Crippen molar-refractivity contribution in [2.24, 2.45) is 0 Å². The Morgan fingerprint density at radius 1 is 1.05 bits per heavy atom. The van der Waals surface area contributed by atoms with Crippen molar-refractivity contribution in [3.8, 4) is 16.8 Å². The molecule has 0 aliphatic carbocycles. The minimum Gasteiger partial charge on any atom is -0.285 e.